The monoisotopic (exact) mass is 354 g/mol. The Hall–Kier alpha value is -2.05. The van der Waals surface area contributed by atoms with Gasteiger partial charge < -0.3 is 4.74 Å². The number of halogens is 2. The van der Waals surface area contributed by atoms with Gasteiger partial charge in [-0.3, -0.25) is 9.48 Å². The van der Waals surface area contributed by atoms with E-state index in [1.54, 1.807) is 29.1 Å². The van der Waals surface area contributed by atoms with Crippen LogP contribution < -0.4 is 10.2 Å². The van der Waals surface area contributed by atoms with Crippen molar-refractivity contribution in [3.05, 3.63) is 45.2 Å². The van der Waals surface area contributed by atoms with Gasteiger partial charge >= 0.3 is 0 Å². The van der Waals surface area contributed by atoms with E-state index in [4.69, 9.17) is 27.9 Å². The van der Waals surface area contributed by atoms with Gasteiger partial charge in [0.25, 0.3) is 5.91 Å². The lowest BCUT2D eigenvalue weighted by molar-refractivity contribution is -0.123. The molecule has 1 amide bonds. The number of nitrogens with zero attached hydrogens (tertiary/aromatic N) is 3. The average molecular weight is 355 g/mol. The standard InChI is InChI=1S/C15H16Cl2N4O2/c1-9-12(10(2)21(3)20-9)7-18-19-15(22)8-23-14-5-4-11(16)6-13(14)17/h4-7H,8H2,1-3H3,(H,19,22)/b18-7-. The average Bonchev–Trinajstić information content (AvgIpc) is 2.72. The Kier molecular flexibility index (Phi) is 5.63. The van der Waals surface area contributed by atoms with E-state index in [1.165, 1.54) is 0 Å². The first-order valence-electron chi connectivity index (χ1n) is 6.78. The molecule has 1 aromatic carbocycles. The second-order valence-corrected chi connectivity index (χ2v) is 5.71. The first-order chi connectivity index (χ1) is 10.9. The molecular formula is C15H16Cl2N4O2. The number of amides is 1. The fourth-order valence-corrected chi connectivity index (χ4v) is 2.38. The summed E-state index contributed by atoms with van der Waals surface area (Å²) < 4.78 is 7.07. The van der Waals surface area contributed by atoms with Crippen molar-refractivity contribution in [2.75, 3.05) is 6.61 Å². The molecule has 0 spiro atoms. The maximum atomic E-state index is 11.7. The maximum Gasteiger partial charge on any atom is 0.277 e. The van der Waals surface area contributed by atoms with Crippen LogP contribution >= 0.6 is 23.2 Å². The first kappa shape index (κ1) is 17.3. The highest BCUT2D eigenvalue weighted by Crippen LogP contribution is 2.27. The van der Waals surface area contributed by atoms with Gasteiger partial charge in [-0.1, -0.05) is 23.2 Å². The summed E-state index contributed by atoms with van der Waals surface area (Å²) in [4.78, 5) is 11.7. The number of aryl methyl sites for hydroxylation is 2. The Labute approximate surface area is 144 Å². The van der Waals surface area contributed by atoms with Crippen LogP contribution in [0.3, 0.4) is 0 Å². The predicted molar refractivity (Wildman–Crippen MR) is 90.4 cm³/mol. The van der Waals surface area contributed by atoms with E-state index in [0.29, 0.717) is 15.8 Å². The van der Waals surface area contributed by atoms with Crippen LogP contribution in [-0.4, -0.2) is 28.5 Å². The normalized spacial score (nSPS) is 11.0. The van der Waals surface area contributed by atoms with Crippen LogP contribution in [0.25, 0.3) is 0 Å². The molecule has 0 bridgehead atoms. The smallest absolute Gasteiger partial charge is 0.277 e. The molecule has 2 rings (SSSR count). The lowest BCUT2D eigenvalue weighted by Crippen LogP contribution is -2.24. The van der Waals surface area contributed by atoms with Crippen LogP contribution in [0.4, 0.5) is 0 Å². The fraction of sp³-hybridized carbons (Fsp3) is 0.267. The zero-order valence-electron chi connectivity index (χ0n) is 12.9. The van der Waals surface area contributed by atoms with Gasteiger partial charge in [0.05, 0.1) is 16.9 Å². The van der Waals surface area contributed by atoms with Gasteiger partial charge in [-0.05, 0) is 32.0 Å². The lowest BCUT2D eigenvalue weighted by atomic mass is 10.2. The molecule has 0 saturated heterocycles. The number of hydrogen-bond acceptors (Lipinski definition) is 4. The molecule has 0 aliphatic rings. The zero-order valence-corrected chi connectivity index (χ0v) is 14.4. The van der Waals surface area contributed by atoms with Crippen molar-refractivity contribution in [3.63, 3.8) is 0 Å². The molecule has 2 aromatic rings. The first-order valence-corrected chi connectivity index (χ1v) is 7.54. The van der Waals surface area contributed by atoms with Crippen molar-refractivity contribution < 1.29 is 9.53 Å². The van der Waals surface area contributed by atoms with E-state index in [-0.39, 0.29) is 6.61 Å². The van der Waals surface area contributed by atoms with E-state index in [0.717, 1.165) is 17.0 Å². The number of carbonyl (C=O) groups excluding carboxylic acids is 1. The number of aromatic nitrogens is 2. The minimum atomic E-state index is -0.397. The third kappa shape index (κ3) is 4.46. The van der Waals surface area contributed by atoms with Crippen LogP contribution in [0.2, 0.25) is 10.0 Å². The van der Waals surface area contributed by atoms with Gasteiger partial charge in [0.1, 0.15) is 5.75 Å². The highest BCUT2D eigenvalue weighted by molar-refractivity contribution is 6.35. The molecule has 0 atom stereocenters. The molecule has 8 heteroatoms. The number of carbonyl (C=O) groups is 1. The van der Waals surface area contributed by atoms with Crippen LogP contribution in [0, 0.1) is 13.8 Å². The highest BCUT2D eigenvalue weighted by Gasteiger charge is 2.08. The van der Waals surface area contributed by atoms with Crippen molar-refractivity contribution in [2.24, 2.45) is 12.1 Å². The molecular weight excluding hydrogens is 339 g/mol. The molecule has 0 radical (unpaired) electrons. The number of rotatable bonds is 5. The molecule has 0 aliphatic heterocycles. The van der Waals surface area contributed by atoms with Crippen LogP contribution in [-0.2, 0) is 11.8 Å². The summed E-state index contributed by atoms with van der Waals surface area (Å²) >= 11 is 11.7. The molecule has 0 fully saturated rings. The van der Waals surface area contributed by atoms with Gasteiger partial charge in [-0.2, -0.15) is 10.2 Å². The number of hydrazone groups is 1. The molecule has 0 saturated carbocycles. The molecule has 1 heterocycles. The topological polar surface area (TPSA) is 68.5 Å². The van der Waals surface area contributed by atoms with Crippen molar-refractivity contribution in [2.45, 2.75) is 13.8 Å². The van der Waals surface area contributed by atoms with Gasteiger partial charge in [0.15, 0.2) is 6.61 Å². The Morgan fingerprint density at radius 1 is 1.43 bits per heavy atom. The molecule has 1 aromatic heterocycles. The van der Waals surface area contributed by atoms with Gasteiger partial charge in [-0.15, -0.1) is 0 Å². The minimum absolute atomic E-state index is 0.205. The highest BCUT2D eigenvalue weighted by atomic mass is 35.5. The summed E-state index contributed by atoms with van der Waals surface area (Å²) in [6.45, 7) is 3.60. The SMILES string of the molecule is Cc1nn(C)c(C)c1/C=N\NC(=O)COc1ccc(Cl)cc1Cl. The summed E-state index contributed by atoms with van der Waals surface area (Å²) in [5.74, 6) is -0.0133. The molecule has 1 N–H and O–H groups in total. The second kappa shape index (κ2) is 7.48. The number of benzene rings is 1. The zero-order chi connectivity index (χ0) is 17.0. The molecule has 23 heavy (non-hydrogen) atoms. The Balaban J connectivity index is 1.89. The number of nitrogens with one attached hydrogen (secondary N) is 1. The summed E-state index contributed by atoms with van der Waals surface area (Å²) in [5, 5.41) is 9.02. The van der Waals surface area contributed by atoms with E-state index in [9.17, 15) is 4.79 Å². The van der Waals surface area contributed by atoms with E-state index < -0.39 is 5.91 Å². The quantitative estimate of drug-likeness (QED) is 0.662. The fourth-order valence-electron chi connectivity index (χ4n) is 1.91. The number of ether oxygens (including phenoxy) is 1. The molecule has 122 valence electrons. The largest absolute Gasteiger partial charge is 0.482 e. The predicted octanol–water partition coefficient (Wildman–Crippen LogP) is 2.87. The van der Waals surface area contributed by atoms with Crippen molar-refractivity contribution in [1.29, 1.82) is 0 Å². The maximum absolute atomic E-state index is 11.7. The Bertz CT molecular complexity index is 756. The molecule has 6 nitrogen and oxygen atoms in total. The van der Waals surface area contributed by atoms with Crippen LogP contribution in [0.5, 0.6) is 5.75 Å². The van der Waals surface area contributed by atoms with Crippen LogP contribution in [0.15, 0.2) is 23.3 Å². The molecule has 0 unspecified atom stereocenters. The summed E-state index contributed by atoms with van der Waals surface area (Å²) in [6.07, 6.45) is 1.56. The summed E-state index contributed by atoms with van der Waals surface area (Å²) in [5.41, 5.74) is 5.07. The lowest BCUT2D eigenvalue weighted by Gasteiger charge is -2.06. The van der Waals surface area contributed by atoms with Crippen LogP contribution in [0.1, 0.15) is 17.0 Å². The van der Waals surface area contributed by atoms with E-state index in [2.05, 4.69) is 15.6 Å². The molecule has 0 aliphatic carbocycles. The van der Waals surface area contributed by atoms with Crippen molar-refractivity contribution >= 4 is 35.3 Å². The van der Waals surface area contributed by atoms with Gasteiger partial charge in [0.2, 0.25) is 0 Å². The van der Waals surface area contributed by atoms with Gasteiger partial charge in [0, 0.05) is 23.3 Å². The third-order valence-corrected chi connectivity index (χ3v) is 3.73. The van der Waals surface area contributed by atoms with Crippen molar-refractivity contribution in [1.82, 2.24) is 15.2 Å². The summed E-state index contributed by atoms with van der Waals surface area (Å²) in [7, 11) is 1.85. The van der Waals surface area contributed by atoms with E-state index in [1.807, 2.05) is 20.9 Å². The number of hydrogen-bond donors (Lipinski definition) is 1. The van der Waals surface area contributed by atoms with Crippen molar-refractivity contribution in [3.8, 4) is 5.75 Å². The summed E-state index contributed by atoms with van der Waals surface area (Å²) in [6, 6.07) is 4.78. The minimum Gasteiger partial charge on any atom is -0.482 e. The Morgan fingerprint density at radius 2 is 2.17 bits per heavy atom. The van der Waals surface area contributed by atoms with E-state index >= 15 is 0 Å². The Morgan fingerprint density at radius 3 is 2.78 bits per heavy atom. The van der Waals surface area contributed by atoms with Gasteiger partial charge in [-0.25, -0.2) is 5.43 Å². The third-order valence-electron chi connectivity index (χ3n) is 3.20. The second-order valence-electron chi connectivity index (χ2n) is 4.86.